The summed E-state index contributed by atoms with van der Waals surface area (Å²) in [4.78, 5) is 2.52. The lowest BCUT2D eigenvalue weighted by Gasteiger charge is -2.35. The zero-order valence-corrected chi connectivity index (χ0v) is 38.8. The maximum atomic E-state index is 2.52. The van der Waals surface area contributed by atoms with Crippen molar-refractivity contribution in [2.75, 3.05) is 4.90 Å². The molecule has 11 aromatic carbocycles. The van der Waals surface area contributed by atoms with Gasteiger partial charge in [-0.05, 0) is 131 Å². The van der Waals surface area contributed by atoms with Gasteiger partial charge in [0.15, 0.2) is 0 Å². The number of nitrogens with zero attached hydrogens (tertiary/aromatic N) is 1. The molecule has 0 unspecified atom stereocenters. The molecule has 0 aliphatic heterocycles. The Kier molecular flexibility index (Phi) is 9.49. The summed E-state index contributed by atoms with van der Waals surface area (Å²) in [5, 5.41) is 2.61. The van der Waals surface area contributed by atoms with Gasteiger partial charge in [-0.3, -0.25) is 0 Å². The van der Waals surface area contributed by atoms with Crippen LogP contribution in [0.3, 0.4) is 0 Å². The Labute approximate surface area is 405 Å². The molecule has 2 aliphatic carbocycles. The highest BCUT2D eigenvalue weighted by molar-refractivity contribution is 6.02. The standard InChI is InChI=1S/C68H49N/c1-67(2)61-42-38-50(44-60(61)59-40-37-48-25-15-16-32-56(48)66(59)67)65-55(47-23-9-4-10-24-47)34-20-36-64(65)69(53-31-19-26-49(43-53)46-21-7-3-8-22-46)54-39-41-58-57-33-17-18-35-62(57)68(63(58)45-54,51-27-11-5-12-28-51)52-29-13-6-14-30-52/h3-45H,1-2H3. The monoisotopic (exact) mass is 879 g/mol. The predicted molar refractivity (Wildman–Crippen MR) is 290 cm³/mol. The van der Waals surface area contributed by atoms with E-state index in [1.54, 1.807) is 0 Å². The maximum absolute atomic E-state index is 2.52. The zero-order valence-electron chi connectivity index (χ0n) is 38.8. The second-order valence-corrected chi connectivity index (χ2v) is 19.2. The van der Waals surface area contributed by atoms with Crippen molar-refractivity contribution in [2.45, 2.75) is 24.7 Å². The minimum absolute atomic E-state index is 0.165. The molecule has 0 saturated carbocycles. The first kappa shape index (κ1) is 40.7. The van der Waals surface area contributed by atoms with Crippen LogP contribution in [0.15, 0.2) is 261 Å². The van der Waals surface area contributed by atoms with E-state index >= 15 is 0 Å². The summed E-state index contributed by atoms with van der Waals surface area (Å²) in [5.74, 6) is 0. The van der Waals surface area contributed by atoms with Crippen LogP contribution >= 0.6 is 0 Å². The van der Waals surface area contributed by atoms with Crippen molar-refractivity contribution in [3.05, 3.63) is 294 Å². The predicted octanol–water partition coefficient (Wildman–Crippen LogP) is 18.0. The lowest BCUT2D eigenvalue weighted by Crippen LogP contribution is -2.28. The molecule has 11 aromatic rings. The Morgan fingerprint density at radius 1 is 0.319 bits per heavy atom. The summed E-state index contributed by atoms with van der Waals surface area (Å²) in [7, 11) is 0. The zero-order chi connectivity index (χ0) is 46.1. The van der Waals surface area contributed by atoms with Gasteiger partial charge in [-0.15, -0.1) is 0 Å². The van der Waals surface area contributed by atoms with Crippen molar-refractivity contribution in [3.63, 3.8) is 0 Å². The second-order valence-electron chi connectivity index (χ2n) is 19.2. The maximum Gasteiger partial charge on any atom is 0.0714 e. The molecule has 1 heteroatoms. The molecule has 69 heavy (non-hydrogen) atoms. The Balaban J connectivity index is 1.10. The van der Waals surface area contributed by atoms with Crippen LogP contribution in [-0.2, 0) is 10.8 Å². The van der Waals surface area contributed by atoms with Crippen molar-refractivity contribution in [1.29, 1.82) is 0 Å². The third-order valence-corrected chi connectivity index (χ3v) is 15.1. The number of rotatable bonds is 8. The Hall–Kier alpha value is -8.52. The molecule has 0 N–H and O–H groups in total. The van der Waals surface area contributed by atoms with Crippen LogP contribution < -0.4 is 4.90 Å². The van der Waals surface area contributed by atoms with Crippen molar-refractivity contribution in [1.82, 2.24) is 0 Å². The molecule has 2 aliphatic rings. The molecular weight excluding hydrogens is 831 g/mol. The first-order valence-corrected chi connectivity index (χ1v) is 24.2. The molecule has 0 spiro atoms. The van der Waals surface area contributed by atoms with Gasteiger partial charge in [0.2, 0.25) is 0 Å². The van der Waals surface area contributed by atoms with E-state index < -0.39 is 5.41 Å². The van der Waals surface area contributed by atoms with Crippen LogP contribution in [-0.4, -0.2) is 0 Å². The van der Waals surface area contributed by atoms with Gasteiger partial charge in [-0.2, -0.15) is 0 Å². The molecule has 0 fully saturated rings. The lowest BCUT2D eigenvalue weighted by molar-refractivity contribution is 0.666. The Bertz CT molecular complexity index is 3700. The summed E-state index contributed by atoms with van der Waals surface area (Å²) in [6.45, 7) is 4.79. The molecule has 0 radical (unpaired) electrons. The van der Waals surface area contributed by atoms with Crippen LogP contribution in [0, 0.1) is 0 Å². The van der Waals surface area contributed by atoms with Gasteiger partial charge in [0.05, 0.1) is 11.1 Å². The van der Waals surface area contributed by atoms with E-state index in [1.807, 2.05) is 0 Å². The van der Waals surface area contributed by atoms with Gasteiger partial charge in [-0.1, -0.05) is 238 Å². The van der Waals surface area contributed by atoms with Gasteiger partial charge >= 0.3 is 0 Å². The van der Waals surface area contributed by atoms with Crippen LogP contribution in [0.1, 0.15) is 47.2 Å². The number of hydrogen-bond acceptors (Lipinski definition) is 1. The van der Waals surface area contributed by atoms with E-state index in [4.69, 9.17) is 0 Å². The average molecular weight is 880 g/mol. The molecule has 0 heterocycles. The van der Waals surface area contributed by atoms with Gasteiger partial charge in [0.25, 0.3) is 0 Å². The van der Waals surface area contributed by atoms with Crippen molar-refractivity contribution in [2.24, 2.45) is 0 Å². The average Bonchev–Trinajstić information content (AvgIpc) is 3.84. The summed E-state index contributed by atoms with van der Waals surface area (Å²) in [6, 6.07) is 97.0. The Morgan fingerprint density at radius 3 is 1.65 bits per heavy atom. The highest BCUT2D eigenvalue weighted by Crippen LogP contribution is 2.58. The quantitative estimate of drug-likeness (QED) is 0.147. The van der Waals surface area contributed by atoms with E-state index in [0.717, 1.165) is 17.1 Å². The summed E-state index contributed by atoms with van der Waals surface area (Å²) in [6.07, 6.45) is 0. The van der Waals surface area contributed by atoms with E-state index in [2.05, 4.69) is 280 Å². The smallest absolute Gasteiger partial charge is 0.0714 e. The van der Waals surface area contributed by atoms with E-state index in [9.17, 15) is 0 Å². The number of benzene rings is 11. The van der Waals surface area contributed by atoms with Crippen LogP contribution in [0.2, 0.25) is 0 Å². The van der Waals surface area contributed by atoms with Crippen LogP contribution in [0.4, 0.5) is 17.1 Å². The minimum Gasteiger partial charge on any atom is -0.310 e. The third-order valence-electron chi connectivity index (χ3n) is 15.1. The normalized spacial score (nSPS) is 13.6. The Morgan fingerprint density at radius 2 is 0.899 bits per heavy atom. The van der Waals surface area contributed by atoms with Crippen molar-refractivity contribution >= 4 is 27.8 Å². The van der Waals surface area contributed by atoms with Crippen molar-refractivity contribution in [3.8, 4) is 55.6 Å². The molecule has 0 bridgehead atoms. The molecule has 13 rings (SSSR count). The summed E-state index contributed by atoms with van der Waals surface area (Å²) >= 11 is 0. The van der Waals surface area contributed by atoms with Gasteiger partial charge in [0.1, 0.15) is 0 Å². The molecule has 326 valence electrons. The van der Waals surface area contributed by atoms with Gasteiger partial charge in [0, 0.05) is 22.4 Å². The van der Waals surface area contributed by atoms with E-state index in [1.165, 1.54) is 99.8 Å². The fraction of sp³-hybridized carbons (Fsp3) is 0.0588. The number of hydrogen-bond donors (Lipinski definition) is 0. The topological polar surface area (TPSA) is 3.24 Å². The van der Waals surface area contributed by atoms with E-state index in [0.29, 0.717) is 0 Å². The van der Waals surface area contributed by atoms with E-state index in [-0.39, 0.29) is 5.41 Å². The van der Waals surface area contributed by atoms with Crippen LogP contribution in [0.5, 0.6) is 0 Å². The van der Waals surface area contributed by atoms with Gasteiger partial charge < -0.3 is 4.90 Å². The highest BCUT2D eigenvalue weighted by atomic mass is 15.1. The molecule has 0 aromatic heterocycles. The second kappa shape index (κ2) is 16.1. The SMILES string of the molecule is CC1(C)c2ccc(-c3c(-c4ccccc4)cccc3N(c3cccc(-c4ccccc4)c3)c3ccc4c(c3)C(c3ccccc3)(c3ccccc3)c3ccccc3-4)cc2-c2ccc3ccccc3c21. The molecule has 0 saturated heterocycles. The van der Waals surface area contributed by atoms with Crippen molar-refractivity contribution < 1.29 is 0 Å². The fourth-order valence-electron chi connectivity index (χ4n) is 12.1. The first-order valence-electron chi connectivity index (χ1n) is 24.2. The number of anilines is 3. The molecule has 0 amide bonds. The summed E-state index contributed by atoms with van der Waals surface area (Å²) < 4.78 is 0. The first-order chi connectivity index (χ1) is 34.0. The van der Waals surface area contributed by atoms with Gasteiger partial charge in [-0.25, -0.2) is 0 Å². The van der Waals surface area contributed by atoms with Crippen LogP contribution in [0.25, 0.3) is 66.4 Å². The largest absolute Gasteiger partial charge is 0.310 e. The third kappa shape index (κ3) is 6.31. The molecule has 1 nitrogen and oxygen atoms in total. The fourth-order valence-corrected chi connectivity index (χ4v) is 12.1. The molecule has 0 atom stereocenters. The lowest BCUT2D eigenvalue weighted by atomic mass is 9.67. The molecular formula is C68H49N. The number of fused-ring (bicyclic) bond motifs is 8. The summed E-state index contributed by atoms with van der Waals surface area (Å²) in [5.41, 5.74) is 22.6. The minimum atomic E-state index is -0.554. The highest BCUT2D eigenvalue weighted by Gasteiger charge is 2.46.